The lowest BCUT2D eigenvalue weighted by molar-refractivity contribution is 0.0943. The number of aryl methyl sites for hydroxylation is 2. The monoisotopic (exact) mass is 436 g/mol. The van der Waals surface area contributed by atoms with Gasteiger partial charge in [-0.15, -0.1) is 0 Å². The molecule has 0 bridgehead atoms. The van der Waals surface area contributed by atoms with Gasteiger partial charge in [0.25, 0.3) is 5.91 Å². The van der Waals surface area contributed by atoms with Gasteiger partial charge in [-0.1, -0.05) is 25.3 Å². The molecule has 0 radical (unpaired) electrons. The van der Waals surface area contributed by atoms with Crippen LogP contribution in [0, 0.1) is 19.7 Å². The third kappa shape index (κ3) is 5.74. The lowest BCUT2D eigenvalue weighted by Crippen LogP contribution is -2.55. The number of nitrogens with zero attached hydrogens (tertiary/aromatic N) is 3. The Morgan fingerprint density at radius 2 is 1.56 bits per heavy atom. The third-order valence-electron chi connectivity index (χ3n) is 6.48. The van der Waals surface area contributed by atoms with Crippen molar-refractivity contribution < 1.29 is 9.18 Å². The van der Waals surface area contributed by atoms with Gasteiger partial charge in [0.05, 0.1) is 5.69 Å². The van der Waals surface area contributed by atoms with E-state index in [0.29, 0.717) is 17.6 Å². The highest BCUT2D eigenvalue weighted by atomic mass is 19.1. The molecule has 0 spiro atoms. The third-order valence-corrected chi connectivity index (χ3v) is 6.48. The predicted octanol–water partition coefficient (Wildman–Crippen LogP) is 4.81. The summed E-state index contributed by atoms with van der Waals surface area (Å²) in [5.41, 5.74) is 3.51. The first-order valence-electron chi connectivity index (χ1n) is 11.7. The minimum absolute atomic E-state index is 0.275. The lowest BCUT2D eigenvalue weighted by atomic mass is 9.94. The minimum Gasteiger partial charge on any atom is -0.340 e. The first-order valence-corrected chi connectivity index (χ1v) is 11.7. The highest BCUT2D eigenvalue weighted by molar-refractivity contribution is 6.06. The number of guanidine groups is 1. The molecule has 2 aliphatic rings. The van der Waals surface area contributed by atoms with E-state index in [9.17, 15) is 9.18 Å². The van der Waals surface area contributed by atoms with Crippen LogP contribution in [0.25, 0.3) is 0 Å². The van der Waals surface area contributed by atoms with Gasteiger partial charge in [-0.2, -0.15) is 0 Å². The van der Waals surface area contributed by atoms with Gasteiger partial charge in [0.1, 0.15) is 5.82 Å². The lowest BCUT2D eigenvalue weighted by Gasteiger charge is -2.41. The second-order valence-electron chi connectivity index (χ2n) is 9.06. The maximum absolute atomic E-state index is 13.3. The van der Waals surface area contributed by atoms with E-state index in [4.69, 9.17) is 4.99 Å². The van der Waals surface area contributed by atoms with Gasteiger partial charge < -0.3 is 4.90 Å². The van der Waals surface area contributed by atoms with E-state index in [0.717, 1.165) is 43.0 Å². The first-order chi connectivity index (χ1) is 15.5. The molecule has 1 heterocycles. The molecule has 1 saturated carbocycles. The van der Waals surface area contributed by atoms with Crippen LogP contribution in [0.1, 0.15) is 53.6 Å². The Labute approximate surface area is 190 Å². The number of benzene rings is 2. The molecule has 1 aliphatic heterocycles. The van der Waals surface area contributed by atoms with Crippen molar-refractivity contribution in [1.29, 1.82) is 0 Å². The van der Waals surface area contributed by atoms with Crippen molar-refractivity contribution >= 4 is 17.6 Å². The van der Waals surface area contributed by atoms with E-state index in [2.05, 4.69) is 21.2 Å². The van der Waals surface area contributed by atoms with Crippen molar-refractivity contribution in [3.05, 3.63) is 65.0 Å². The zero-order valence-electron chi connectivity index (χ0n) is 19.1. The summed E-state index contributed by atoms with van der Waals surface area (Å²) < 4.78 is 13.3. The standard InChI is InChI=1S/C26H33FN4O/c1-19-16-20(2)18-23(17-19)28-26(29-25(32)21-8-10-22(27)11-9-21)31-14-12-30(13-15-31)24-6-4-3-5-7-24/h8-11,16-18,24H,3-7,12-15H2,1-2H3,(H,28,29,32). The Hall–Kier alpha value is -2.73. The average Bonchev–Trinajstić information content (AvgIpc) is 2.79. The summed E-state index contributed by atoms with van der Waals surface area (Å²) >= 11 is 0. The van der Waals surface area contributed by atoms with Crippen LogP contribution in [-0.4, -0.2) is 53.9 Å². The number of nitrogens with one attached hydrogen (secondary N) is 1. The zero-order valence-corrected chi connectivity index (χ0v) is 19.1. The molecule has 0 unspecified atom stereocenters. The molecule has 1 saturated heterocycles. The largest absolute Gasteiger partial charge is 0.340 e. The van der Waals surface area contributed by atoms with Gasteiger partial charge in [-0.05, 0) is 74.2 Å². The van der Waals surface area contributed by atoms with Gasteiger partial charge in [0, 0.05) is 37.8 Å². The van der Waals surface area contributed by atoms with Crippen molar-refractivity contribution in [3.8, 4) is 0 Å². The van der Waals surface area contributed by atoms with Gasteiger partial charge in [-0.25, -0.2) is 9.38 Å². The van der Waals surface area contributed by atoms with Crippen LogP contribution in [0.2, 0.25) is 0 Å². The number of aliphatic imine (C=N–C) groups is 1. The molecule has 32 heavy (non-hydrogen) atoms. The van der Waals surface area contributed by atoms with E-state index < -0.39 is 0 Å². The SMILES string of the molecule is Cc1cc(C)cc(N=C(NC(=O)c2ccc(F)cc2)N2CCN(C3CCCCC3)CC2)c1. The van der Waals surface area contributed by atoms with E-state index >= 15 is 0 Å². The molecular formula is C26H33FN4O. The molecule has 2 fully saturated rings. The van der Waals surface area contributed by atoms with Gasteiger partial charge >= 0.3 is 0 Å². The number of rotatable bonds is 3. The topological polar surface area (TPSA) is 47.9 Å². The quantitative estimate of drug-likeness (QED) is 0.555. The first kappa shape index (κ1) is 22.5. The van der Waals surface area contributed by atoms with Crippen molar-refractivity contribution in [2.24, 2.45) is 4.99 Å². The van der Waals surface area contributed by atoms with Crippen LogP contribution in [0.4, 0.5) is 10.1 Å². The molecule has 0 atom stereocenters. The molecule has 1 aliphatic carbocycles. The average molecular weight is 437 g/mol. The molecule has 2 aromatic carbocycles. The molecule has 0 aromatic heterocycles. The molecule has 1 amide bonds. The van der Waals surface area contributed by atoms with E-state index in [1.54, 1.807) is 0 Å². The predicted molar refractivity (Wildman–Crippen MR) is 127 cm³/mol. The summed E-state index contributed by atoms with van der Waals surface area (Å²) in [6, 6.07) is 12.5. The highest BCUT2D eigenvalue weighted by Gasteiger charge is 2.27. The van der Waals surface area contributed by atoms with Crippen LogP contribution < -0.4 is 5.32 Å². The Balaban J connectivity index is 1.52. The van der Waals surface area contributed by atoms with Crippen molar-refractivity contribution in [1.82, 2.24) is 15.1 Å². The van der Waals surface area contributed by atoms with E-state index in [1.165, 1.54) is 56.4 Å². The van der Waals surface area contributed by atoms with E-state index in [1.807, 2.05) is 26.0 Å². The fraction of sp³-hybridized carbons (Fsp3) is 0.462. The summed E-state index contributed by atoms with van der Waals surface area (Å²) in [5.74, 6) is -0.0695. The maximum Gasteiger partial charge on any atom is 0.257 e. The molecule has 2 aromatic rings. The van der Waals surface area contributed by atoms with Crippen LogP contribution in [-0.2, 0) is 0 Å². The second kappa shape index (κ2) is 10.3. The van der Waals surface area contributed by atoms with Crippen molar-refractivity contribution in [3.63, 3.8) is 0 Å². The summed E-state index contributed by atoms with van der Waals surface area (Å²) in [7, 11) is 0. The molecule has 5 nitrogen and oxygen atoms in total. The maximum atomic E-state index is 13.3. The summed E-state index contributed by atoms with van der Waals surface area (Å²) in [6.45, 7) is 7.69. The van der Waals surface area contributed by atoms with Gasteiger partial charge in [0.15, 0.2) is 0 Å². The Kier molecular flexibility index (Phi) is 7.20. The molecule has 6 heteroatoms. The van der Waals surface area contributed by atoms with Crippen LogP contribution in [0.3, 0.4) is 0 Å². The van der Waals surface area contributed by atoms with Crippen LogP contribution in [0.15, 0.2) is 47.5 Å². The summed E-state index contributed by atoms with van der Waals surface area (Å²) in [6.07, 6.45) is 6.62. The molecule has 1 N–H and O–H groups in total. The molecule has 170 valence electrons. The van der Waals surface area contributed by atoms with Crippen LogP contribution >= 0.6 is 0 Å². The highest BCUT2D eigenvalue weighted by Crippen LogP contribution is 2.24. The van der Waals surface area contributed by atoms with Gasteiger partial charge in [0.2, 0.25) is 5.96 Å². The number of piperazine rings is 1. The minimum atomic E-state index is -0.357. The number of carbonyl (C=O) groups excluding carboxylic acids is 1. The number of hydrogen-bond donors (Lipinski definition) is 1. The Morgan fingerprint density at radius 1 is 0.938 bits per heavy atom. The molecular weight excluding hydrogens is 403 g/mol. The number of amides is 1. The smallest absolute Gasteiger partial charge is 0.257 e. The second-order valence-corrected chi connectivity index (χ2v) is 9.06. The number of carbonyl (C=O) groups is 1. The fourth-order valence-electron chi connectivity index (χ4n) is 4.84. The van der Waals surface area contributed by atoms with Crippen molar-refractivity contribution in [2.75, 3.05) is 26.2 Å². The fourth-order valence-corrected chi connectivity index (χ4v) is 4.84. The normalized spacial score (nSPS) is 18.6. The summed E-state index contributed by atoms with van der Waals surface area (Å²) in [5, 5.41) is 3.00. The van der Waals surface area contributed by atoms with Crippen LogP contribution in [0.5, 0.6) is 0 Å². The Bertz CT molecular complexity index is 938. The molecule has 4 rings (SSSR count). The number of hydrogen-bond acceptors (Lipinski definition) is 3. The summed E-state index contributed by atoms with van der Waals surface area (Å²) in [4.78, 5) is 22.5. The number of halogens is 1. The zero-order chi connectivity index (χ0) is 22.5. The Morgan fingerprint density at radius 3 is 2.19 bits per heavy atom. The van der Waals surface area contributed by atoms with E-state index in [-0.39, 0.29) is 11.7 Å². The van der Waals surface area contributed by atoms with Gasteiger partial charge in [-0.3, -0.25) is 15.0 Å². The van der Waals surface area contributed by atoms with Crippen molar-refractivity contribution in [2.45, 2.75) is 52.0 Å².